The minimum Gasteiger partial charge on any atom is -0.353 e. The van der Waals surface area contributed by atoms with Crippen LogP contribution in [0.2, 0.25) is 0 Å². The van der Waals surface area contributed by atoms with Crippen molar-refractivity contribution in [2.24, 2.45) is 0 Å². The number of nitrogens with one attached hydrogen (secondary N) is 1. The number of rotatable bonds is 4. The van der Waals surface area contributed by atoms with Gasteiger partial charge < -0.3 is 5.32 Å². The van der Waals surface area contributed by atoms with Gasteiger partial charge in [-0.1, -0.05) is 0 Å². The molecule has 1 N–H and O–H groups in total. The van der Waals surface area contributed by atoms with Gasteiger partial charge in [0.1, 0.15) is 0 Å². The van der Waals surface area contributed by atoms with Gasteiger partial charge in [0, 0.05) is 23.5 Å². The molecule has 0 bridgehead atoms. The van der Waals surface area contributed by atoms with Gasteiger partial charge in [-0.3, -0.25) is 4.79 Å². The number of hydroxylamine groups is 2. The van der Waals surface area contributed by atoms with Crippen molar-refractivity contribution in [3.05, 3.63) is 0 Å². The largest absolute Gasteiger partial charge is 0.353 e. The Morgan fingerprint density at radius 1 is 1.28 bits per heavy atom. The smallest absolute Gasteiger partial charge is 0.220 e. The maximum Gasteiger partial charge on any atom is 0.220 e. The zero-order valence-electron chi connectivity index (χ0n) is 12.0. The highest BCUT2D eigenvalue weighted by Crippen LogP contribution is 2.36. The molecule has 1 aliphatic heterocycles. The molecule has 0 spiro atoms. The average Bonchev–Trinajstić information content (AvgIpc) is 2.22. The molecule has 0 aliphatic carbocycles. The van der Waals surface area contributed by atoms with E-state index in [0.717, 1.165) is 12.6 Å². The fourth-order valence-electron chi connectivity index (χ4n) is 2.93. The molecule has 1 aliphatic rings. The van der Waals surface area contributed by atoms with Gasteiger partial charge in [0.25, 0.3) is 0 Å². The van der Waals surface area contributed by atoms with Gasteiger partial charge in [0.2, 0.25) is 5.91 Å². The molecule has 1 amide bonds. The molecule has 0 aromatic carbocycles. The first-order valence-electron chi connectivity index (χ1n) is 6.66. The van der Waals surface area contributed by atoms with Crippen LogP contribution >= 0.6 is 9.24 Å². The highest BCUT2D eigenvalue weighted by Gasteiger charge is 2.46. The standard InChI is InChI=1S/C13H26N2O2P/c1-12(2)8-10(9-13(3,4)15(12)17)14-11(16)6-5-7-18/h10H,5-9,18H2,1-4H3,(H,14,16). The van der Waals surface area contributed by atoms with Crippen LogP contribution in [-0.4, -0.2) is 34.3 Å². The molecule has 1 atom stereocenters. The van der Waals surface area contributed by atoms with Gasteiger partial charge in [-0.25, -0.2) is 0 Å². The predicted molar refractivity (Wildman–Crippen MR) is 75.7 cm³/mol. The van der Waals surface area contributed by atoms with Crippen LogP contribution in [0.25, 0.3) is 0 Å². The molecular formula is C13H26N2O2P. The Labute approximate surface area is 113 Å². The monoisotopic (exact) mass is 273 g/mol. The maximum atomic E-state index is 12.2. The fourth-order valence-corrected chi connectivity index (χ4v) is 3.13. The molecule has 5 heteroatoms. The summed E-state index contributed by atoms with van der Waals surface area (Å²) in [6.07, 6.45) is 3.84. The number of carbonyl (C=O) groups is 1. The Kier molecular flexibility index (Phi) is 5.16. The number of carbonyl (C=O) groups excluding carboxylic acids is 1. The lowest BCUT2D eigenvalue weighted by Crippen LogP contribution is -2.62. The van der Waals surface area contributed by atoms with E-state index < -0.39 is 11.1 Å². The fraction of sp³-hybridized carbons (Fsp3) is 0.923. The molecule has 0 aromatic rings. The van der Waals surface area contributed by atoms with Crippen LogP contribution in [0.4, 0.5) is 0 Å². The van der Waals surface area contributed by atoms with Crippen LogP contribution in [0.1, 0.15) is 53.4 Å². The summed E-state index contributed by atoms with van der Waals surface area (Å²) in [7, 11) is 2.63. The summed E-state index contributed by atoms with van der Waals surface area (Å²) < 4.78 is 0. The van der Waals surface area contributed by atoms with Crippen LogP contribution in [-0.2, 0) is 10.0 Å². The summed E-state index contributed by atoms with van der Waals surface area (Å²) in [5, 5.41) is 16.4. The van der Waals surface area contributed by atoms with E-state index in [2.05, 4.69) is 14.6 Å². The highest BCUT2D eigenvalue weighted by atomic mass is 31.0. The lowest BCUT2D eigenvalue weighted by atomic mass is 9.79. The summed E-state index contributed by atoms with van der Waals surface area (Å²) in [4.78, 5) is 11.8. The molecule has 0 aromatic heterocycles. The quantitative estimate of drug-likeness (QED) is 0.798. The molecule has 1 fully saturated rings. The van der Waals surface area contributed by atoms with Crippen molar-refractivity contribution in [2.75, 3.05) is 6.16 Å². The van der Waals surface area contributed by atoms with E-state index in [9.17, 15) is 10.0 Å². The van der Waals surface area contributed by atoms with E-state index in [-0.39, 0.29) is 11.9 Å². The van der Waals surface area contributed by atoms with Crippen LogP contribution in [0.5, 0.6) is 0 Å². The van der Waals surface area contributed by atoms with Crippen molar-refractivity contribution in [1.82, 2.24) is 10.4 Å². The summed E-state index contributed by atoms with van der Waals surface area (Å²) >= 11 is 0. The Hall–Kier alpha value is -0.180. The van der Waals surface area contributed by atoms with E-state index >= 15 is 0 Å². The van der Waals surface area contributed by atoms with Crippen molar-refractivity contribution >= 4 is 15.1 Å². The third kappa shape index (κ3) is 3.91. The second kappa shape index (κ2) is 5.85. The van der Waals surface area contributed by atoms with Crippen molar-refractivity contribution in [1.29, 1.82) is 0 Å². The minimum absolute atomic E-state index is 0.105. The normalized spacial score (nSPS) is 23.9. The zero-order valence-corrected chi connectivity index (χ0v) is 13.1. The zero-order chi connectivity index (χ0) is 14.0. The van der Waals surface area contributed by atoms with Gasteiger partial charge in [-0.2, -0.15) is 0 Å². The van der Waals surface area contributed by atoms with Gasteiger partial charge >= 0.3 is 0 Å². The molecule has 105 valence electrons. The SMILES string of the molecule is CC1(C)CC(NC(=O)CCCP)CC(C)(C)N1[O]. The van der Waals surface area contributed by atoms with Crippen LogP contribution in [0, 0.1) is 0 Å². The Bertz CT molecular complexity index is 287. The van der Waals surface area contributed by atoms with Crippen molar-refractivity contribution in [2.45, 2.75) is 70.5 Å². The summed E-state index contributed by atoms with van der Waals surface area (Å²) in [6, 6.07) is 0.109. The minimum atomic E-state index is -0.416. The molecule has 1 saturated heterocycles. The van der Waals surface area contributed by atoms with Gasteiger partial charge in [0.15, 0.2) is 0 Å². The molecule has 1 unspecified atom stereocenters. The topological polar surface area (TPSA) is 52.2 Å². The van der Waals surface area contributed by atoms with E-state index in [0.29, 0.717) is 19.3 Å². The molecule has 18 heavy (non-hydrogen) atoms. The van der Waals surface area contributed by atoms with E-state index in [1.54, 1.807) is 0 Å². The second-order valence-electron chi connectivity index (χ2n) is 6.48. The van der Waals surface area contributed by atoms with E-state index in [1.165, 1.54) is 5.06 Å². The summed E-state index contributed by atoms with van der Waals surface area (Å²) in [5.74, 6) is 0.105. The summed E-state index contributed by atoms with van der Waals surface area (Å²) in [5.41, 5.74) is -0.833. The average molecular weight is 273 g/mol. The molecule has 1 rings (SSSR count). The Morgan fingerprint density at radius 2 is 1.78 bits per heavy atom. The van der Waals surface area contributed by atoms with Crippen LogP contribution < -0.4 is 5.32 Å². The number of amides is 1. The maximum absolute atomic E-state index is 12.2. The lowest BCUT2D eigenvalue weighted by molar-refractivity contribution is -0.290. The lowest BCUT2D eigenvalue weighted by Gasteiger charge is -2.50. The Morgan fingerprint density at radius 3 is 2.22 bits per heavy atom. The van der Waals surface area contributed by atoms with Gasteiger partial charge in [-0.05, 0) is 53.1 Å². The highest BCUT2D eigenvalue weighted by molar-refractivity contribution is 7.16. The molecule has 1 radical (unpaired) electrons. The van der Waals surface area contributed by atoms with Crippen molar-refractivity contribution in [3.8, 4) is 0 Å². The van der Waals surface area contributed by atoms with Gasteiger partial charge in [0.05, 0.1) is 0 Å². The second-order valence-corrected chi connectivity index (χ2v) is 7.06. The predicted octanol–water partition coefficient (Wildman–Crippen LogP) is 2.12. The van der Waals surface area contributed by atoms with Crippen molar-refractivity contribution in [3.63, 3.8) is 0 Å². The number of piperidine rings is 1. The van der Waals surface area contributed by atoms with Gasteiger partial charge in [-0.15, -0.1) is 19.5 Å². The number of hydrogen-bond acceptors (Lipinski definition) is 2. The van der Waals surface area contributed by atoms with Crippen LogP contribution in [0.15, 0.2) is 0 Å². The third-order valence-corrected chi connectivity index (χ3v) is 3.97. The Balaban J connectivity index is 2.61. The third-order valence-electron chi connectivity index (χ3n) is 3.56. The molecular weight excluding hydrogens is 247 g/mol. The van der Waals surface area contributed by atoms with E-state index in [4.69, 9.17) is 0 Å². The number of nitrogens with zero attached hydrogens (tertiary/aromatic N) is 1. The van der Waals surface area contributed by atoms with Crippen molar-refractivity contribution < 1.29 is 10.0 Å². The molecule has 0 saturated carbocycles. The molecule has 4 nitrogen and oxygen atoms in total. The first kappa shape index (κ1) is 15.9. The first-order chi connectivity index (χ1) is 8.19. The van der Waals surface area contributed by atoms with E-state index in [1.807, 2.05) is 27.7 Å². The molecule has 1 heterocycles. The summed E-state index contributed by atoms with van der Waals surface area (Å²) in [6.45, 7) is 7.79. The van der Waals surface area contributed by atoms with Crippen LogP contribution in [0.3, 0.4) is 0 Å². The number of hydrogen-bond donors (Lipinski definition) is 1. The first-order valence-corrected chi connectivity index (χ1v) is 7.47.